The van der Waals surface area contributed by atoms with Crippen LogP contribution in [0.2, 0.25) is 0 Å². The highest BCUT2D eigenvalue weighted by atomic mass is 16.5. The molecule has 0 saturated carbocycles. The number of methoxy groups -OCH3 is 1. The van der Waals surface area contributed by atoms with E-state index >= 15 is 0 Å². The summed E-state index contributed by atoms with van der Waals surface area (Å²) in [7, 11) is 3.16. The van der Waals surface area contributed by atoms with Gasteiger partial charge in [0.2, 0.25) is 0 Å². The van der Waals surface area contributed by atoms with Gasteiger partial charge < -0.3 is 30.7 Å². The standard InChI is InChI=1S/C30H47N3O5/c1-6-7-8-10-21(2)30(20-33-29(31)32-4)15-9-11-24(17-23-12-13-26(36)28(18-23)37-5)27(38-22(3)34)19-25(35)14-16-30/h12-13,18,21,24-25,27,35-36H,6-8,10-11,14,16-17,19-20H2,1-5H3,(H3,31,32,33). The normalized spacial score (nSPS) is 25.0. The van der Waals surface area contributed by atoms with E-state index in [1.807, 2.05) is 6.07 Å². The number of guanidine groups is 1. The molecule has 1 aliphatic rings. The van der Waals surface area contributed by atoms with Gasteiger partial charge in [0, 0.05) is 39.3 Å². The zero-order chi connectivity index (χ0) is 28.1. The molecule has 1 aromatic rings. The van der Waals surface area contributed by atoms with Gasteiger partial charge in [0.25, 0.3) is 0 Å². The van der Waals surface area contributed by atoms with Crippen LogP contribution < -0.4 is 15.8 Å². The molecule has 212 valence electrons. The molecule has 0 spiro atoms. The summed E-state index contributed by atoms with van der Waals surface area (Å²) in [6.45, 7) is 6.39. The largest absolute Gasteiger partial charge is 0.504 e. The predicted octanol–water partition coefficient (Wildman–Crippen LogP) is 4.17. The fourth-order valence-corrected chi connectivity index (χ4v) is 5.25. The van der Waals surface area contributed by atoms with Crippen molar-refractivity contribution in [1.82, 2.24) is 5.32 Å². The van der Waals surface area contributed by atoms with Gasteiger partial charge in [-0.2, -0.15) is 0 Å². The molecule has 0 aromatic heterocycles. The summed E-state index contributed by atoms with van der Waals surface area (Å²) in [5.74, 6) is 7.67. The Balaban J connectivity index is 2.45. The topological polar surface area (TPSA) is 126 Å². The van der Waals surface area contributed by atoms with Crippen molar-refractivity contribution < 1.29 is 24.5 Å². The minimum absolute atomic E-state index is 0.0678. The molecule has 5 unspecified atom stereocenters. The van der Waals surface area contributed by atoms with Gasteiger partial charge >= 0.3 is 5.97 Å². The summed E-state index contributed by atoms with van der Waals surface area (Å²) in [5, 5.41) is 24.4. The lowest BCUT2D eigenvalue weighted by molar-refractivity contribution is -0.151. The summed E-state index contributed by atoms with van der Waals surface area (Å²) in [6.07, 6.45) is 5.99. The first-order valence-corrected chi connectivity index (χ1v) is 13.8. The van der Waals surface area contributed by atoms with Gasteiger partial charge in [-0.3, -0.25) is 9.79 Å². The first kappa shape index (κ1) is 31.3. The predicted molar refractivity (Wildman–Crippen MR) is 151 cm³/mol. The van der Waals surface area contributed by atoms with Crippen LogP contribution in [0.1, 0.15) is 77.7 Å². The number of aliphatic hydroxyl groups is 1. The van der Waals surface area contributed by atoms with Crippen molar-refractivity contribution in [1.29, 1.82) is 0 Å². The van der Waals surface area contributed by atoms with Gasteiger partial charge in [-0.1, -0.05) is 45.1 Å². The van der Waals surface area contributed by atoms with Crippen LogP contribution in [0.4, 0.5) is 0 Å². The Hall–Kier alpha value is -2.92. The monoisotopic (exact) mass is 529 g/mol. The number of rotatable bonds is 11. The summed E-state index contributed by atoms with van der Waals surface area (Å²) in [5.41, 5.74) is 6.54. The highest BCUT2D eigenvalue weighted by Gasteiger charge is 2.37. The molecule has 2 rings (SSSR count). The number of esters is 1. The SMILES string of the molecule is CCCCCC(C)C1(CNC(N)=NC)C#CCC(Cc2ccc(O)c(OC)c2)C(OC(C)=O)CC(O)CC1. The minimum Gasteiger partial charge on any atom is -0.504 e. The van der Waals surface area contributed by atoms with Gasteiger partial charge in [-0.15, -0.1) is 5.92 Å². The van der Waals surface area contributed by atoms with E-state index in [1.54, 1.807) is 19.2 Å². The van der Waals surface area contributed by atoms with Crippen LogP contribution in [0.5, 0.6) is 11.5 Å². The molecule has 8 heteroatoms. The van der Waals surface area contributed by atoms with Crippen LogP contribution in [0, 0.1) is 29.1 Å². The number of hydrogen-bond donors (Lipinski definition) is 4. The van der Waals surface area contributed by atoms with Crippen molar-refractivity contribution in [2.75, 3.05) is 20.7 Å². The molecule has 5 N–H and O–H groups in total. The Labute approximate surface area is 228 Å². The lowest BCUT2D eigenvalue weighted by Gasteiger charge is -2.37. The number of phenolic OH excluding ortho intramolecular Hbond substituents is 1. The number of phenols is 1. The van der Waals surface area contributed by atoms with Crippen molar-refractivity contribution in [3.8, 4) is 23.3 Å². The average molecular weight is 530 g/mol. The molecular formula is C30H47N3O5. The smallest absolute Gasteiger partial charge is 0.302 e. The number of nitrogens with two attached hydrogens (primary N) is 1. The molecule has 0 saturated heterocycles. The average Bonchev–Trinajstić information content (AvgIpc) is 2.89. The number of aromatic hydroxyl groups is 1. The maximum absolute atomic E-state index is 12.0. The molecule has 0 radical (unpaired) electrons. The van der Waals surface area contributed by atoms with E-state index in [9.17, 15) is 15.0 Å². The third-order valence-electron chi connectivity index (χ3n) is 7.72. The van der Waals surface area contributed by atoms with E-state index in [4.69, 9.17) is 15.2 Å². The van der Waals surface area contributed by atoms with Crippen molar-refractivity contribution in [3.05, 3.63) is 23.8 Å². The highest BCUT2D eigenvalue weighted by molar-refractivity contribution is 5.77. The van der Waals surface area contributed by atoms with Crippen molar-refractivity contribution in [2.24, 2.45) is 28.0 Å². The Morgan fingerprint density at radius 2 is 2.13 bits per heavy atom. The summed E-state index contributed by atoms with van der Waals surface area (Å²) >= 11 is 0. The van der Waals surface area contributed by atoms with Crippen LogP contribution in [0.25, 0.3) is 0 Å². The second kappa shape index (κ2) is 15.5. The Bertz CT molecular complexity index is 986. The number of benzene rings is 1. The molecule has 1 aliphatic carbocycles. The van der Waals surface area contributed by atoms with Crippen LogP contribution in [0.15, 0.2) is 23.2 Å². The van der Waals surface area contributed by atoms with E-state index in [1.165, 1.54) is 20.5 Å². The third kappa shape index (κ3) is 9.43. The second-order valence-corrected chi connectivity index (χ2v) is 10.6. The highest BCUT2D eigenvalue weighted by Crippen LogP contribution is 2.38. The molecule has 0 bridgehead atoms. The minimum atomic E-state index is -0.643. The molecular weight excluding hydrogens is 482 g/mol. The van der Waals surface area contributed by atoms with Crippen molar-refractivity contribution in [2.45, 2.75) is 90.8 Å². The molecule has 8 nitrogen and oxygen atoms in total. The summed E-state index contributed by atoms with van der Waals surface area (Å²) < 4.78 is 11.0. The number of ether oxygens (including phenoxy) is 2. The lowest BCUT2D eigenvalue weighted by atomic mass is 9.70. The summed E-state index contributed by atoms with van der Waals surface area (Å²) in [6, 6.07) is 5.23. The number of nitrogens with zero attached hydrogens (tertiary/aromatic N) is 1. The van der Waals surface area contributed by atoms with Gasteiger partial charge in [0.15, 0.2) is 17.5 Å². The summed E-state index contributed by atoms with van der Waals surface area (Å²) in [4.78, 5) is 16.0. The first-order chi connectivity index (χ1) is 18.1. The second-order valence-electron chi connectivity index (χ2n) is 10.6. The number of nitrogens with one attached hydrogen (secondary N) is 1. The van der Waals surface area contributed by atoms with Crippen LogP contribution in [0.3, 0.4) is 0 Å². The van der Waals surface area contributed by atoms with Gasteiger partial charge in [-0.05, 0) is 49.3 Å². The molecule has 0 aliphatic heterocycles. The quantitative estimate of drug-likeness (QED) is 0.111. The molecule has 0 fully saturated rings. The van der Waals surface area contributed by atoms with Crippen LogP contribution in [-0.2, 0) is 16.0 Å². The molecule has 1 aromatic carbocycles. The van der Waals surface area contributed by atoms with E-state index in [0.717, 1.165) is 24.8 Å². The maximum atomic E-state index is 12.0. The molecule has 38 heavy (non-hydrogen) atoms. The van der Waals surface area contributed by atoms with E-state index in [2.05, 4.69) is 36.0 Å². The van der Waals surface area contributed by atoms with Gasteiger partial charge in [-0.25, -0.2) is 0 Å². The third-order valence-corrected chi connectivity index (χ3v) is 7.72. The van der Waals surface area contributed by atoms with Crippen LogP contribution in [-0.4, -0.2) is 55.1 Å². The maximum Gasteiger partial charge on any atom is 0.302 e. The Kier molecular flexibility index (Phi) is 12.8. The Morgan fingerprint density at radius 3 is 2.79 bits per heavy atom. The first-order valence-electron chi connectivity index (χ1n) is 13.8. The lowest BCUT2D eigenvalue weighted by Crippen LogP contribution is -2.44. The van der Waals surface area contributed by atoms with E-state index in [-0.39, 0.29) is 29.0 Å². The van der Waals surface area contributed by atoms with Gasteiger partial charge in [0.05, 0.1) is 18.6 Å². The fourth-order valence-electron chi connectivity index (χ4n) is 5.25. The van der Waals surface area contributed by atoms with Gasteiger partial charge in [0.1, 0.15) is 6.10 Å². The van der Waals surface area contributed by atoms with E-state index < -0.39 is 12.2 Å². The number of carbonyl (C=O) groups excluding carboxylic acids is 1. The molecule has 0 amide bonds. The number of aliphatic hydroxyl groups excluding tert-OH is 1. The zero-order valence-corrected chi connectivity index (χ0v) is 23.8. The van der Waals surface area contributed by atoms with E-state index in [0.29, 0.717) is 50.4 Å². The van der Waals surface area contributed by atoms with Crippen LogP contribution >= 0.6 is 0 Å². The molecule has 5 atom stereocenters. The molecule has 0 heterocycles. The Morgan fingerprint density at radius 1 is 1.37 bits per heavy atom. The van der Waals surface area contributed by atoms with Crippen molar-refractivity contribution >= 4 is 11.9 Å². The van der Waals surface area contributed by atoms with Crippen molar-refractivity contribution in [3.63, 3.8) is 0 Å². The number of aliphatic imine (C=N–C) groups is 1. The number of hydrogen-bond acceptors (Lipinski definition) is 6. The number of unbranched alkanes of at least 4 members (excludes halogenated alkanes) is 2. The zero-order valence-electron chi connectivity index (χ0n) is 23.8. The number of carbonyl (C=O) groups is 1. The fraction of sp³-hybridized carbons (Fsp3) is 0.667.